The van der Waals surface area contributed by atoms with Crippen LogP contribution in [0, 0.1) is 0 Å². The monoisotopic (exact) mass is 389 g/mol. The summed E-state index contributed by atoms with van der Waals surface area (Å²) >= 11 is 7.24. The van der Waals surface area contributed by atoms with Gasteiger partial charge in [0, 0.05) is 7.05 Å². The number of hydrogen-bond acceptors (Lipinski definition) is 4. The number of nitrogens with one attached hydrogen (secondary N) is 3. The van der Waals surface area contributed by atoms with Gasteiger partial charge < -0.3 is 9.88 Å². The highest BCUT2D eigenvalue weighted by Gasteiger charge is 2.11. The molecule has 0 aliphatic heterocycles. The third-order valence-electron chi connectivity index (χ3n) is 3.52. The van der Waals surface area contributed by atoms with Gasteiger partial charge in [-0.3, -0.25) is 10.2 Å². The number of nitrogens with zero attached hydrogens (tertiary/aromatic N) is 2. The lowest BCUT2D eigenvalue weighted by Crippen LogP contribution is -2.44. The van der Waals surface area contributed by atoms with Gasteiger partial charge in [-0.15, -0.1) is 0 Å². The molecule has 0 unspecified atom stereocenters. The minimum atomic E-state index is -0.584. The molecule has 0 saturated heterocycles. The fraction of sp³-hybridized carbons (Fsp3) is 0.118. The Labute approximate surface area is 159 Å². The van der Waals surface area contributed by atoms with Gasteiger partial charge in [-0.05, 0) is 24.3 Å². The fourth-order valence-corrected chi connectivity index (χ4v) is 3.23. The summed E-state index contributed by atoms with van der Waals surface area (Å²) in [5, 5.41) is 3.68. The maximum atomic E-state index is 11.9. The molecule has 3 N–H and O–H groups in total. The van der Waals surface area contributed by atoms with E-state index in [0.717, 1.165) is 16.2 Å². The molecule has 0 spiro atoms. The molecule has 2 aromatic carbocycles. The van der Waals surface area contributed by atoms with Crippen LogP contribution in [0.1, 0.15) is 0 Å². The minimum Gasteiger partial charge on any atom is -0.322 e. The van der Waals surface area contributed by atoms with Crippen LogP contribution in [-0.4, -0.2) is 27.2 Å². The smallest absolute Gasteiger partial charge is 0.322 e. The topological polar surface area (TPSA) is 88.0 Å². The summed E-state index contributed by atoms with van der Waals surface area (Å²) in [5.74, 6) is -0.236. The van der Waals surface area contributed by atoms with Crippen molar-refractivity contribution in [1.82, 2.24) is 20.4 Å². The second kappa shape index (κ2) is 8.11. The van der Waals surface area contributed by atoms with Gasteiger partial charge in [0.25, 0.3) is 0 Å². The maximum Gasteiger partial charge on any atom is 0.337 e. The second-order valence-corrected chi connectivity index (χ2v) is 6.69. The first-order chi connectivity index (χ1) is 12.5. The van der Waals surface area contributed by atoms with E-state index in [1.807, 2.05) is 35.9 Å². The minimum absolute atomic E-state index is 0.115. The Morgan fingerprint density at radius 3 is 2.62 bits per heavy atom. The van der Waals surface area contributed by atoms with Gasteiger partial charge in [-0.25, -0.2) is 15.2 Å². The van der Waals surface area contributed by atoms with Gasteiger partial charge in [0.2, 0.25) is 5.91 Å². The first-order valence-electron chi connectivity index (χ1n) is 7.69. The summed E-state index contributed by atoms with van der Waals surface area (Å²) in [6, 6.07) is 14.0. The van der Waals surface area contributed by atoms with Crippen LogP contribution in [0.4, 0.5) is 10.5 Å². The van der Waals surface area contributed by atoms with Crippen molar-refractivity contribution in [3.8, 4) is 0 Å². The van der Waals surface area contributed by atoms with E-state index in [1.54, 1.807) is 24.3 Å². The molecule has 134 valence electrons. The van der Waals surface area contributed by atoms with Gasteiger partial charge in [-0.2, -0.15) is 0 Å². The van der Waals surface area contributed by atoms with E-state index in [1.165, 1.54) is 11.8 Å². The first-order valence-corrected chi connectivity index (χ1v) is 9.05. The lowest BCUT2D eigenvalue weighted by atomic mass is 10.3. The molecular formula is C17H16ClN5O2S. The second-order valence-electron chi connectivity index (χ2n) is 5.34. The number of aromatic nitrogens is 2. The molecule has 7 nitrogen and oxygen atoms in total. The standard InChI is InChI=1S/C17H16ClN5O2S/c1-23-14-9-5-4-8-13(14)20-17(23)26-10-15(24)21-22-16(25)19-12-7-3-2-6-11(12)18/h2-9H,10H2,1H3,(H,21,24)(H2,19,22,25). The first kappa shape index (κ1) is 18.1. The predicted molar refractivity (Wildman–Crippen MR) is 103 cm³/mol. The maximum absolute atomic E-state index is 11.9. The Morgan fingerprint density at radius 1 is 1.12 bits per heavy atom. The molecule has 3 aromatic rings. The summed E-state index contributed by atoms with van der Waals surface area (Å²) < 4.78 is 1.92. The number of carbonyl (C=O) groups is 2. The molecule has 0 atom stereocenters. The van der Waals surface area contributed by atoms with Crippen LogP contribution >= 0.6 is 23.4 Å². The number of hydrazine groups is 1. The van der Waals surface area contributed by atoms with Crippen LogP contribution in [0.5, 0.6) is 0 Å². The number of anilines is 1. The highest BCUT2D eigenvalue weighted by molar-refractivity contribution is 7.99. The number of urea groups is 1. The number of amides is 3. The summed E-state index contributed by atoms with van der Waals surface area (Å²) in [5.41, 5.74) is 6.95. The van der Waals surface area contributed by atoms with E-state index in [2.05, 4.69) is 21.2 Å². The van der Waals surface area contributed by atoms with Crippen molar-refractivity contribution < 1.29 is 9.59 Å². The van der Waals surface area contributed by atoms with Gasteiger partial charge >= 0.3 is 6.03 Å². The summed E-state index contributed by atoms with van der Waals surface area (Å²) in [7, 11) is 1.89. The number of hydrogen-bond donors (Lipinski definition) is 3. The number of fused-ring (bicyclic) bond motifs is 1. The normalized spacial score (nSPS) is 10.5. The zero-order chi connectivity index (χ0) is 18.5. The van der Waals surface area contributed by atoms with Gasteiger partial charge in [0.15, 0.2) is 5.16 Å². The molecule has 0 radical (unpaired) electrons. The van der Waals surface area contributed by atoms with Crippen molar-refractivity contribution in [2.45, 2.75) is 5.16 Å². The lowest BCUT2D eigenvalue weighted by Gasteiger charge is -2.09. The largest absolute Gasteiger partial charge is 0.337 e. The van der Waals surface area contributed by atoms with E-state index in [9.17, 15) is 9.59 Å². The molecular weight excluding hydrogens is 374 g/mol. The Balaban J connectivity index is 1.49. The third-order valence-corrected chi connectivity index (χ3v) is 4.88. The van der Waals surface area contributed by atoms with Crippen LogP contribution in [0.25, 0.3) is 11.0 Å². The molecule has 0 saturated carbocycles. The Kier molecular flexibility index (Phi) is 5.65. The van der Waals surface area contributed by atoms with E-state index < -0.39 is 6.03 Å². The van der Waals surface area contributed by atoms with E-state index in [-0.39, 0.29) is 11.7 Å². The number of aryl methyl sites for hydroxylation is 1. The number of halogens is 1. The molecule has 1 heterocycles. The summed E-state index contributed by atoms with van der Waals surface area (Å²) in [6.45, 7) is 0. The number of rotatable bonds is 4. The Hall–Kier alpha value is -2.71. The van der Waals surface area contributed by atoms with Crippen LogP contribution in [0.3, 0.4) is 0 Å². The van der Waals surface area contributed by atoms with Crippen LogP contribution < -0.4 is 16.2 Å². The Bertz CT molecular complexity index is 959. The van der Waals surface area contributed by atoms with Crippen molar-refractivity contribution in [2.75, 3.05) is 11.1 Å². The predicted octanol–water partition coefficient (Wildman–Crippen LogP) is 3.17. The molecule has 3 rings (SSSR count). The van der Waals surface area contributed by atoms with E-state index >= 15 is 0 Å². The number of imidazole rings is 1. The highest BCUT2D eigenvalue weighted by atomic mass is 35.5. The fourth-order valence-electron chi connectivity index (χ4n) is 2.26. The Morgan fingerprint density at radius 2 is 1.85 bits per heavy atom. The van der Waals surface area contributed by atoms with Crippen molar-refractivity contribution in [1.29, 1.82) is 0 Å². The number of thioether (sulfide) groups is 1. The SMILES string of the molecule is Cn1c(SCC(=O)NNC(=O)Nc2ccccc2Cl)nc2ccccc21. The molecule has 26 heavy (non-hydrogen) atoms. The zero-order valence-electron chi connectivity index (χ0n) is 13.8. The van der Waals surface area contributed by atoms with Crippen molar-refractivity contribution >= 4 is 52.0 Å². The number of carbonyl (C=O) groups excluding carboxylic acids is 2. The molecule has 1 aromatic heterocycles. The van der Waals surface area contributed by atoms with Crippen LogP contribution in [0.2, 0.25) is 5.02 Å². The van der Waals surface area contributed by atoms with Crippen molar-refractivity contribution in [3.63, 3.8) is 0 Å². The molecule has 0 aliphatic carbocycles. The average Bonchev–Trinajstić information content (AvgIpc) is 2.96. The molecule has 0 bridgehead atoms. The summed E-state index contributed by atoms with van der Waals surface area (Å²) in [6.07, 6.45) is 0. The van der Waals surface area contributed by atoms with Gasteiger partial charge in [0.1, 0.15) is 0 Å². The van der Waals surface area contributed by atoms with Crippen LogP contribution in [0.15, 0.2) is 53.7 Å². The lowest BCUT2D eigenvalue weighted by molar-refractivity contribution is -0.119. The zero-order valence-corrected chi connectivity index (χ0v) is 15.4. The van der Waals surface area contributed by atoms with E-state index in [4.69, 9.17) is 11.6 Å². The average molecular weight is 390 g/mol. The number of para-hydroxylation sites is 3. The molecule has 0 fully saturated rings. The van der Waals surface area contributed by atoms with Crippen molar-refractivity contribution in [3.05, 3.63) is 53.6 Å². The molecule has 3 amide bonds. The highest BCUT2D eigenvalue weighted by Crippen LogP contribution is 2.22. The number of benzene rings is 2. The van der Waals surface area contributed by atoms with Crippen LogP contribution in [-0.2, 0) is 11.8 Å². The quantitative estimate of drug-likeness (QED) is 0.472. The van der Waals surface area contributed by atoms with Gasteiger partial charge in [-0.1, -0.05) is 47.6 Å². The third kappa shape index (κ3) is 4.27. The summed E-state index contributed by atoms with van der Waals surface area (Å²) in [4.78, 5) is 28.2. The van der Waals surface area contributed by atoms with E-state index in [0.29, 0.717) is 10.7 Å². The molecule has 0 aliphatic rings. The van der Waals surface area contributed by atoms with Crippen molar-refractivity contribution in [2.24, 2.45) is 7.05 Å². The molecule has 9 heteroatoms. The van der Waals surface area contributed by atoms with Gasteiger partial charge in [0.05, 0.1) is 27.5 Å².